The number of hydrogen-bond donors (Lipinski definition) is 2. The number of benzene rings is 1. The number of carbonyl (C=O) groups is 1. The van der Waals surface area contributed by atoms with Gasteiger partial charge in [-0.15, -0.1) is 11.8 Å². The monoisotopic (exact) mass is 361 g/mol. The van der Waals surface area contributed by atoms with Gasteiger partial charge in [0.25, 0.3) is 0 Å². The molecule has 0 spiro atoms. The zero-order chi connectivity index (χ0) is 15.0. The van der Waals surface area contributed by atoms with Crippen LogP contribution in [-0.4, -0.2) is 43.1 Å². The lowest BCUT2D eigenvalue weighted by molar-refractivity contribution is -0.119. The number of ether oxygens (including phenoxy) is 1. The number of aliphatic hydroxyl groups is 1. The minimum Gasteiger partial charge on any atom is -0.396 e. The number of hydrogen-bond acceptors (Lipinski definition) is 4. The number of aryl methyl sites for hydroxylation is 1. The van der Waals surface area contributed by atoms with Crippen LogP contribution in [0.2, 0.25) is 0 Å². The Morgan fingerprint density at radius 1 is 1.55 bits per heavy atom. The van der Waals surface area contributed by atoms with Crippen LogP contribution in [0.5, 0.6) is 0 Å². The van der Waals surface area contributed by atoms with Crippen LogP contribution in [0.15, 0.2) is 27.6 Å². The standard InChI is InChI=1S/C14H20BrNO3S/c1-10-7-11(15)3-4-13(10)20-9-14(18)16-12(5-6-17)8-19-2/h3-4,7,12,17H,5-6,8-9H2,1-2H3,(H,16,18). The van der Waals surface area contributed by atoms with Crippen molar-refractivity contribution in [2.24, 2.45) is 0 Å². The van der Waals surface area contributed by atoms with E-state index in [9.17, 15) is 4.79 Å². The summed E-state index contributed by atoms with van der Waals surface area (Å²) in [6, 6.07) is 5.86. The fraction of sp³-hybridized carbons (Fsp3) is 0.500. The van der Waals surface area contributed by atoms with Crippen LogP contribution in [0.4, 0.5) is 0 Å². The smallest absolute Gasteiger partial charge is 0.230 e. The van der Waals surface area contributed by atoms with E-state index in [2.05, 4.69) is 21.2 Å². The van der Waals surface area contributed by atoms with Crippen LogP contribution in [0, 0.1) is 6.92 Å². The molecule has 2 N–H and O–H groups in total. The van der Waals surface area contributed by atoms with Gasteiger partial charge in [0.05, 0.1) is 18.4 Å². The van der Waals surface area contributed by atoms with Crippen molar-refractivity contribution in [2.75, 3.05) is 26.1 Å². The number of amides is 1. The van der Waals surface area contributed by atoms with Gasteiger partial charge in [-0.05, 0) is 37.1 Å². The molecule has 0 aromatic heterocycles. The molecule has 6 heteroatoms. The molecule has 0 aliphatic heterocycles. The van der Waals surface area contributed by atoms with Crippen LogP contribution in [-0.2, 0) is 9.53 Å². The molecule has 1 rings (SSSR count). The molecule has 0 saturated heterocycles. The van der Waals surface area contributed by atoms with Gasteiger partial charge >= 0.3 is 0 Å². The molecule has 0 aliphatic carbocycles. The second kappa shape index (κ2) is 9.39. The average molecular weight is 362 g/mol. The van der Waals surface area contributed by atoms with Gasteiger partial charge in [-0.3, -0.25) is 4.79 Å². The van der Waals surface area contributed by atoms with E-state index in [0.717, 1.165) is 14.9 Å². The first-order chi connectivity index (χ1) is 9.56. The zero-order valence-electron chi connectivity index (χ0n) is 11.7. The highest BCUT2D eigenvalue weighted by Crippen LogP contribution is 2.25. The Bertz CT molecular complexity index is 436. The van der Waals surface area contributed by atoms with E-state index in [-0.39, 0.29) is 18.6 Å². The maximum absolute atomic E-state index is 11.9. The predicted molar refractivity (Wildman–Crippen MR) is 85.1 cm³/mol. The lowest BCUT2D eigenvalue weighted by atomic mass is 10.2. The van der Waals surface area contributed by atoms with Crippen LogP contribution in [0.3, 0.4) is 0 Å². The molecule has 1 amide bonds. The summed E-state index contributed by atoms with van der Waals surface area (Å²) < 4.78 is 6.05. The van der Waals surface area contributed by atoms with E-state index in [0.29, 0.717) is 18.8 Å². The molecule has 112 valence electrons. The second-order valence-electron chi connectivity index (χ2n) is 4.43. The Morgan fingerprint density at radius 3 is 2.90 bits per heavy atom. The fourth-order valence-corrected chi connectivity index (χ4v) is 3.04. The minimum absolute atomic E-state index is 0.0350. The number of aliphatic hydroxyl groups excluding tert-OH is 1. The van der Waals surface area contributed by atoms with Gasteiger partial charge < -0.3 is 15.2 Å². The molecule has 0 heterocycles. The quantitative estimate of drug-likeness (QED) is 0.697. The lowest BCUT2D eigenvalue weighted by Gasteiger charge is -2.16. The third kappa shape index (κ3) is 6.26. The van der Waals surface area contributed by atoms with E-state index in [4.69, 9.17) is 9.84 Å². The molecular weight excluding hydrogens is 342 g/mol. The third-order valence-corrected chi connectivity index (χ3v) is 4.38. The molecule has 0 aliphatic rings. The van der Waals surface area contributed by atoms with Gasteiger partial charge in [0, 0.05) is 23.1 Å². The van der Waals surface area contributed by atoms with Gasteiger partial charge in [-0.2, -0.15) is 0 Å². The van der Waals surface area contributed by atoms with Crippen molar-refractivity contribution in [3.63, 3.8) is 0 Å². The molecular formula is C14H20BrNO3S. The van der Waals surface area contributed by atoms with E-state index < -0.39 is 0 Å². The molecule has 1 unspecified atom stereocenters. The predicted octanol–water partition coefficient (Wildman–Crippen LogP) is 2.36. The Hall–Kier alpha value is -0.560. The number of methoxy groups -OCH3 is 1. The van der Waals surface area contributed by atoms with Crippen molar-refractivity contribution < 1.29 is 14.6 Å². The van der Waals surface area contributed by atoms with Gasteiger partial charge in [0.15, 0.2) is 0 Å². The first-order valence-corrected chi connectivity index (χ1v) is 8.12. The summed E-state index contributed by atoms with van der Waals surface area (Å²) in [5, 5.41) is 11.8. The summed E-state index contributed by atoms with van der Waals surface area (Å²) >= 11 is 4.92. The summed E-state index contributed by atoms with van der Waals surface area (Å²) in [5.41, 5.74) is 1.14. The molecule has 0 radical (unpaired) electrons. The van der Waals surface area contributed by atoms with Crippen molar-refractivity contribution in [3.05, 3.63) is 28.2 Å². The minimum atomic E-state index is -0.135. The van der Waals surface area contributed by atoms with Crippen molar-refractivity contribution in [3.8, 4) is 0 Å². The molecule has 4 nitrogen and oxygen atoms in total. The molecule has 1 atom stereocenters. The van der Waals surface area contributed by atoms with E-state index in [1.54, 1.807) is 7.11 Å². The highest BCUT2D eigenvalue weighted by atomic mass is 79.9. The zero-order valence-corrected chi connectivity index (χ0v) is 14.1. The van der Waals surface area contributed by atoms with Crippen molar-refractivity contribution in [2.45, 2.75) is 24.3 Å². The Balaban J connectivity index is 2.45. The maximum atomic E-state index is 11.9. The number of halogens is 1. The van der Waals surface area contributed by atoms with Crippen molar-refractivity contribution in [1.29, 1.82) is 0 Å². The van der Waals surface area contributed by atoms with Crippen LogP contribution < -0.4 is 5.32 Å². The second-order valence-corrected chi connectivity index (χ2v) is 6.36. The third-order valence-electron chi connectivity index (χ3n) is 2.71. The Kier molecular flexibility index (Phi) is 8.21. The normalized spacial score (nSPS) is 12.2. The number of nitrogens with one attached hydrogen (secondary N) is 1. The molecule has 0 bridgehead atoms. The fourth-order valence-electron chi connectivity index (χ4n) is 1.74. The maximum Gasteiger partial charge on any atom is 0.230 e. The summed E-state index contributed by atoms with van der Waals surface area (Å²) in [5.74, 6) is 0.307. The Labute approximate surface area is 132 Å². The van der Waals surface area contributed by atoms with Gasteiger partial charge in [-0.25, -0.2) is 0 Å². The van der Waals surface area contributed by atoms with E-state index >= 15 is 0 Å². The summed E-state index contributed by atoms with van der Waals surface area (Å²) in [6.07, 6.45) is 0.502. The van der Waals surface area contributed by atoms with E-state index in [1.165, 1.54) is 11.8 Å². The number of rotatable bonds is 8. The van der Waals surface area contributed by atoms with Crippen LogP contribution >= 0.6 is 27.7 Å². The number of thioether (sulfide) groups is 1. The topological polar surface area (TPSA) is 58.6 Å². The van der Waals surface area contributed by atoms with Crippen LogP contribution in [0.1, 0.15) is 12.0 Å². The Morgan fingerprint density at radius 2 is 2.30 bits per heavy atom. The summed E-state index contributed by atoms with van der Waals surface area (Å²) in [6.45, 7) is 2.46. The molecule has 0 saturated carbocycles. The summed E-state index contributed by atoms with van der Waals surface area (Å²) in [4.78, 5) is 13.0. The molecule has 20 heavy (non-hydrogen) atoms. The first-order valence-electron chi connectivity index (χ1n) is 6.35. The average Bonchev–Trinajstić information content (AvgIpc) is 2.38. The van der Waals surface area contributed by atoms with E-state index in [1.807, 2.05) is 25.1 Å². The van der Waals surface area contributed by atoms with Gasteiger partial charge in [0.1, 0.15) is 0 Å². The largest absolute Gasteiger partial charge is 0.396 e. The molecule has 1 aromatic rings. The van der Waals surface area contributed by atoms with Crippen molar-refractivity contribution >= 4 is 33.6 Å². The van der Waals surface area contributed by atoms with Crippen molar-refractivity contribution in [1.82, 2.24) is 5.32 Å². The summed E-state index contributed by atoms with van der Waals surface area (Å²) in [7, 11) is 1.58. The lowest BCUT2D eigenvalue weighted by Crippen LogP contribution is -2.39. The molecule has 0 fully saturated rings. The SMILES string of the molecule is COCC(CCO)NC(=O)CSc1ccc(Br)cc1C. The van der Waals surface area contributed by atoms with Gasteiger partial charge in [0.2, 0.25) is 5.91 Å². The van der Waals surface area contributed by atoms with Crippen LogP contribution in [0.25, 0.3) is 0 Å². The van der Waals surface area contributed by atoms with Gasteiger partial charge in [-0.1, -0.05) is 15.9 Å². The highest BCUT2D eigenvalue weighted by Gasteiger charge is 2.12. The number of carbonyl (C=O) groups excluding carboxylic acids is 1. The first kappa shape index (κ1) is 17.5. The highest BCUT2D eigenvalue weighted by molar-refractivity contribution is 9.10. The molecule has 1 aromatic carbocycles.